The van der Waals surface area contributed by atoms with Gasteiger partial charge in [-0.1, -0.05) is 0 Å². The van der Waals surface area contributed by atoms with Crippen LogP contribution < -0.4 is 9.47 Å². The molecule has 7 nitrogen and oxygen atoms in total. The SMILES string of the molecule is CCn1ncnc1-c1nc2c(s1)CCOc1cc(OCCCN(C)C)ccc1-2. The average Bonchev–Trinajstić information content (AvgIpc) is 3.28. The fraction of sp³-hybridized carbons (Fsp3) is 0.450. The van der Waals surface area contributed by atoms with Crippen molar-refractivity contribution in [3.8, 4) is 33.6 Å². The number of hydrogen-bond acceptors (Lipinski definition) is 7. The lowest BCUT2D eigenvalue weighted by Crippen LogP contribution is -2.15. The topological polar surface area (TPSA) is 65.3 Å². The number of thiazole rings is 1. The van der Waals surface area contributed by atoms with Crippen molar-refractivity contribution in [1.29, 1.82) is 0 Å². The first kappa shape index (κ1) is 18.9. The third-order valence-electron chi connectivity index (χ3n) is 4.62. The van der Waals surface area contributed by atoms with Crippen molar-refractivity contribution in [3.63, 3.8) is 0 Å². The van der Waals surface area contributed by atoms with E-state index in [0.29, 0.717) is 13.2 Å². The molecule has 28 heavy (non-hydrogen) atoms. The van der Waals surface area contributed by atoms with Crippen LogP contribution in [0.25, 0.3) is 22.1 Å². The predicted octanol–water partition coefficient (Wildman–Crippen LogP) is 3.35. The van der Waals surface area contributed by atoms with E-state index in [2.05, 4.69) is 42.1 Å². The molecule has 148 valence electrons. The summed E-state index contributed by atoms with van der Waals surface area (Å²) in [6.45, 7) is 5.16. The molecule has 0 aliphatic carbocycles. The second-order valence-electron chi connectivity index (χ2n) is 6.95. The van der Waals surface area contributed by atoms with Gasteiger partial charge in [0, 0.05) is 36.0 Å². The van der Waals surface area contributed by atoms with Crippen LogP contribution in [0.2, 0.25) is 0 Å². The molecule has 1 aliphatic heterocycles. The molecule has 4 rings (SSSR count). The van der Waals surface area contributed by atoms with Crippen molar-refractivity contribution in [3.05, 3.63) is 29.4 Å². The normalized spacial score (nSPS) is 13.0. The van der Waals surface area contributed by atoms with E-state index in [9.17, 15) is 0 Å². The molecule has 3 aromatic rings. The summed E-state index contributed by atoms with van der Waals surface area (Å²) < 4.78 is 13.8. The largest absolute Gasteiger partial charge is 0.493 e. The zero-order chi connectivity index (χ0) is 19.5. The zero-order valence-corrected chi connectivity index (χ0v) is 17.3. The highest BCUT2D eigenvalue weighted by atomic mass is 32.1. The molecule has 0 radical (unpaired) electrons. The van der Waals surface area contributed by atoms with Crippen molar-refractivity contribution in [2.75, 3.05) is 33.9 Å². The molecule has 0 spiro atoms. The minimum absolute atomic E-state index is 0.631. The molecule has 8 heteroatoms. The zero-order valence-electron chi connectivity index (χ0n) is 16.5. The molecular weight excluding hydrogens is 374 g/mol. The number of benzene rings is 1. The fourth-order valence-electron chi connectivity index (χ4n) is 3.22. The lowest BCUT2D eigenvalue weighted by molar-refractivity contribution is 0.278. The third-order valence-corrected chi connectivity index (χ3v) is 5.73. The Labute approximate surface area is 168 Å². The Kier molecular flexibility index (Phi) is 5.59. The number of fused-ring (bicyclic) bond motifs is 3. The van der Waals surface area contributed by atoms with Crippen LogP contribution in [0.15, 0.2) is 24.5 Å². The molecular formula is C20H25N5O2S. The van der Waals surface area contributed by atoms with Gasteiger partial charge in [0.2, 0.25) is 0 Å². The first-order valence-electron chi connectivity index (χ1n) is 9.58. The maximum Gasteiger partial charge on any atom is 0.187 e. The van der Waals surface area contributed by atoms with E-state index in [1.165, 1.54) is 4.88 Å². The minimum atomic E-state index is 0.631. The molecule has 0 saturated carbocycles. The van der Waals surface area contributed by atoms with E-state index >= 15 is 0 Å². The highest BCUT2D eigenvalue weighted by Gasteiger charge is 2.23. The second-order valence-corrected chi connectivity index (χ2v) is 8.04. The van der Waals surface area contributed by atoms with Crippen LogP contribution in [-0.4, -0.2) is 58.5 Å². The highest BCUT2D eigenvalue weighted by molar-refractivity contribution is 7.15. The van der Waals surface area contributed by atoms with Crippen molar-refractivity contribution in [1.82, 2.24) is 24.6 Å². The molecule has 0 amide bonds. The summed E-state index contributed by atoms with van der Waals surface area (Å²) >= 11 is 1.67. The summed E-state index contributed by atoms with van der Waals surface area (Å²) in [6.07, 6.45) is 3.41. The van der Waals surface area contributed by atoms with Crippen molar-refractivity contribution in [2.24, 2.45) is 0 Å². The van der Waals surface area contributed by atoms with Gasteiger partial charge in [-0.15, -0.1) is 11.3 Å². The summed E-state index contributed by atoms with van der Waals surface area (Å²) in [6, 6.07) is 6.03. The monoisotopic (exact) mass is 399 g/mol. The first-order valence-corrected chi connectivity index (χ1v) is 10.4. The van der Waals surface area contributed by atoms with Gasteiger partial charge in [0.1, 0.15) is 17.8 Å². The number of hydrogen-bond donors (Lipinski definition) is 0. The van der Waals surface area contributed by atoms with Crippen LogP contribution >= 0.6 is 11.3 Å². The van der Waals surface area contributed by atoms with E-state index in [1.807, 2.05) is 16.8 Å². The fourth-order valence-corrected chi connectivity index (χ4v) is 4.28. The molecule has 0 atom stereocenters. The van der Waals surface area contributed by atoms with Gasteiger partial charge in [-0.25, -0.2) is 14.6 Å². The molecule has 1 aromatic carbocycles. The molecule has 1 aliphatic rings. The van der Waals surface area contributed by atoms with Gasteiger partial charge in [0.15, 0.2) is 10.8 Å². The van der Waals surface area contributed by atoms with Crippen molar-refractivity contribution < 1.29 is 9.47 Å². The summed E-state index contributed by atoms with van der Waals surface area (Å²) in [5, 5.41) is 5.17. The van der Waals surface area contributed by atoms with Gasteiger partial charge in [-0.3, -0.25) is 0 Å². The molecule has 0 fully saturated rings. The third kappa shape index (κ3) is 3.88. The summed E-state index contributed by atoms with van der Waals surface area (Å²) in [4.78, 5) is 12.7. The Bertz CT molecular complexity index is 950. The van der Waals surface area contributed by atoms with Crippen LogP contribution in [-0.2, 0) is 13.0 Å². The van der Waals surface area contributed by atoms with Gasteiger partial charge in [-0.2, -0.15) is 5.10 Å². The maximum atomic E-state index is 6.00. The van der Waals surface area contributed by atoms with Crippen molar-refractivity contribution >= 4 is 11.3 Å². The van der Waals surface area contributed by atoms with Crippen LogP contribution in [0.1, 0.15) is 18.2 Å². The number of aromatic nitrogens is 4. The number of rotatable bonds is 7. The van der Waals surface area contributed by atoms with E-state index < -0.39 is 0 Å². The lowest BCUT2D eigenvalue weighted by Gasteiger charge is -2.12. The Morgan fingerprint density at radius 3 is 3.04 bits per heavy atom. The Hall–Kier alpha value is -2.45. The molecule has 0 saturated heterocycles. The quantitative estimate of drug-likeness (QED) is 0.568. The molecule has 0 unspecified atom stereocenters. The van der Waals surface area contributed by atoms with Crippen LogP contribution in [0.3, 0.4) is 0 Å². The number of ether oxygens (including phenoxy) is 2. The lowest BCUT2D eigenvalue weighted by atomic mass is 10.1. The number of aryl methyl sites for hydroxylation is 1. The number of nitrogens with zero attached hydrogens (tertiary/aromatic N) is 5. The standard InChI is InChI=1S/C20H25N5O2S/c1-4-25-19(21-13-22-25)20-23-18-15-7-6-14(26-10-5-9-24(2)3)12-16(15)27-11-8-17(18)28-20/h6-7,12-13H,4-5,8-11H2,1-3H3. The summed E-state index contributed by atoms with van der Waals surface area (Å²) in [5.74, 6) is 2.49. The Balaban J connectivity index is 1.58. The van der Waals surface area contributed by atoms with Gasteiger partial charge < -0.3 is 14.4 Å². The minimum Gasteiger partial charge on any atom is -0.493 e. The molecule has 0 N–H and O–H groups in total. The first-order chi connectivity index (χ1) is 13.7. The Morgan fingerprint density at radius 2 is 2.21 bits per heavy atom. The van der Waals surface area contributed by atoms with E-state index in [1.54, 1.807) is 17.7 Å². The molecule has 2 aromatic heterocycles. The molecule has 3 heterocycles. The van der Waals surface area contributed by atoms with Gasteiger partial charge in [0.25, 0.3) is 0 Å². The predicted molar refractivity (Wildman–Crippen MR) is 110 cm³/mol. The molecule has 0 bridgehead atoms. The second kappa shape index (κ2) is 8.28. The van der Waals surface area contributed by atoms with E-state index in [-0.39, 0.29) is 0 Å². The van der Waals surface area contributed by atoms with Crippen LogP contribution in [0, 0.1) is 0 Å². The summed E-state index contributed by atoms with van der Waals surface area (Å²) in [7, 11) is 4.14. The smallest absolute Gasteiger partial charge is 0.187 e. The Morgan fingerprint density at radius 1 is 1.32 bits per heavy atom. The maximum absolute atomic E-state index is 6.00. The summed E-state index contributed by atoms with van der Waals surface area (Å²) in [5.41, 5.74) is 2.00. The van der Waals surface area contributed by atoms with E-state index in [0.717, 1.165) is 59.5 Å². The van der Waals surface area contributed by atoms with Crippen molar-refractivity contribution in [2.45, 2.75) is 26.3 Å². The van der Waals surface area contributed by atoms with Crippen LogP contribution in [0.5, 0.6) is 11.5 Å². The highest BCUT2D eigenvalue weighted by Crippen LogP contribution is 2.41. The van der Waals surface area contributed by atoms with Crippen LogP contribution in [0.4, 0.5) is 0 Å². The average molecular weight is 400 g/mol. The van der Waals surface area contributed by atoms with Gasteiger partial charge >= 0.3 is 0 Å². The van der Waals surface area contributed by atoms with Gasteiger partial charge in [0.05, 0.1) is 18.9 Å². The van der Waals surface area contributed by atoms with Gasteiger partial charge in [-0.05, 0) is 39.6 Å². The van der Waals surface area contributed by atoms with E-state index in [4.69, 9.17) is 14.5 Å².